The van der Waals surface area contributed by atoms with Crippen LogP contribution in [0.1, 0.15) is 140 Å². The van der Waals surface area contributed by atoms with Gasteiger partial charge in [-0.15, -0.1) is 0 Å². The van der Waals surface area contributed by atoms with E-state index in [-0.39, 0.29) is 68.6 Å². The van der Waals surface area contributed by atoms with Crippen molar-refractivity contribution in [3.63, 3.8) is 0 Å². The van der Waals surface area contributed by atoms with Crippen molar-refractivity contribution < 1.29 is 107 Å². The van der Waals surface area contributed by atoms with E-state index in [0.29, 0.717) is 0 Å². The van der Waals surface area contributed by atoms with E-state index in [4.69, 9.17) is 28.3 Å². The highest BCUT2D eigenvalue weighted by Gasteiger charge is 2.39. The molecule has 0 aromatic rings. The molecule has 105 heavy (non-hydrogen) atoms. The van der Waals surface area contributed by atoms with Crippen LogP contribution < -0.4 is 97.4 Å². The summed E-state index contributed by atoms with van der Waals surface area (Å²) in [5.74, 6) is -20.7. The van der Waals surface area contributed by atoms with Gasteiger partial charge in [0.15, 0.2) is 5.96 Å². The summed E-state index contributed by atoms with van der Waals surface area (Å²) in [7, 11) is 0. The highest BCUT2D eigenvalue weighted by atomic mass is 32.2. The number of hydrogen-bond donors (Lipinski definition) is 24. The van der Waals surface area contributed by atoms with Crippen LogP contribution in [0.3, 0.4) is 0 Å². The van der Waals surface area contributed by atoms with Crippen LogP contribution in [0.5, 0.6) is 0 Å². The molecule has 0 radical (unpaired) electrons. The van der Waals surface area contributed by atoms with E-state index in [2.05, 4.69) is 74.4 Å². The number of nitrogens with two attached hydrogens (primary N) is 4. The molecule has 0 aromatic heterocycles. The smallest absolute Gasteiger partial charge is 0.326 e. The Balaban J connectivity index is 6.45. The Morgan fingerprint density at radius 2 is 0.743 bits per heavy atom. The van der Waals surface area contributed by atoms with Gasteiger partial charge in [0.05, 0.1) is 38.2 Å². The van der Waals surface area contributed by atoms with Crippen LogP contribution in [0, 0.1) is 29.1 Å². The second-order valence-electron chi connectivity index (χ2n) is 26.7. The molecule has 0 saturated heterocycles. The van der Waals surface area contributed by atoms with Gasteiger partial charge in [0.2, 0.25) is 88.6 Å². The summed E-state index contributed by atoms with van der Waals surface area (Å²) in [4.78, 5) is 225. The van der Waals surface area contributed by atoms with Gasteiger partial charge in [-0.2, -0.15) is 11.8 Å². The molecule has 15 atom stereocenters. The highest BCUT2D eigenvalue weighted by molar-refractivity contribution is 7.98. The summed E-state index contributed by atoms with van der Waals surface area (Å²) in [5.41, 5.74) is 21.8. The summed E-state index contributed by atoms with van der Waals surface area (Å²) in [6.45, 7) is 14.5. The van der Waals surface area contributed by atoms with Gasteiger partial charge in [0.25, 0.3) is 0 Å². The van der Waals surface area contributed by atoms with Crippen LogP contribution in [-0.2, 0) is 81.5 Å². The van der Waals surface area contributed by atoms with Crippen LogP contribution in [0.4, 0.5) is 0 Å². The van der Waals surface area contributed by atoms with Crippen LogP contribution in [0.2, 0.25) is 0 Å². The summed E-state index contributed by atoms with van der Waals surface area (Å²) in [6.07, 6.45) is -3.04. The summed E-state index contributed by atoms with van der Waals surface area (Å²) in [6, 6.07) is -22.5. The fourth-order valence-corrected chi connectivity index (χ4v) is 10.2. The Morgan fingerprint density at radius 3 is 1.13 bits per heavy atom. The van der Waals surface area contributed by atoms with Gasteiger partial charge in [-0.05, 0) is 101 Å². The number of carboxylic acid groups (broad SMARTS) is 2. The summed E-state index contributed by atoms with van der Waals surface area (Å²) < 4.78 is 0. The lowest BCUT2D eigenvalue weighted by molar-refractivity contribution is -0.143. The molecule has 0 aliphatic heterocycles. The Kier molecular flexibility index (Phi) is 44.1. The molecule has 0 aliphatic rings. The van der Waals surface area contributed by atoms with Gasteiger partial charge in [-0.25, -0.2) is 4.79 Å². The predicted molar refractivity (Wildman–Crippen MR) is 378 cm³/mol. The zero-order chi connectivity index (χ0) is 80.9. The quantitative estimate of drug-likeness (QED) is 0.0153. The van der Waals surface area contributed by atoms with Crippen molar-refractivity contribution in [1.82, 2.24) is 74.4 Å². The van der Waals surface area contributed by atoms with Crippen molar-refractivity contribution in [3.05, 3.63) is 0 Å². The number of carbonyl (C=O) groups excluding carboxylic acids is 15. The molecule has 15 amide bonds. The molecule has 0 bridgehead atoms. The topological polar surface area (TPSA) is 688 Å². The SMILES string of the molecule is CSCC[C@H](NC(=O)[C@H](CCC(N)=O)NC(=O)[C@H](CC(=O)O)NC(=O)[C@H](C)NC(=O)[C@@H](NC(=O)[C@H](CC(C)C)NC(=O)[C@H](CO)NC(=O)[C@H](CC(C)C)NC(=O)[C@H](C)NC(=O)[C@H](CC(C)C)NC(=O)[C@H](CO)NC(=O)[C@H](CC(N)=O)NC(=O)[C@@H](N)CCCNC(=N)N)[C@@H](C)O)C(=O)N[C@H](C(=O)O)C(C)C. The average Bonchev–Trinajstić information content (AvgIpc) is 0.854. The molecule has 0 heterocycles. The second kappa shape index (κ2) is 48.5. The first-order valence-electron chi connectivity index (χ1n) is 34.0. The van der Waals surface area contributed by atoms with E-state index in [9.17, 15) is 107 Å². The molecule has 0 aliphatic carbocycles. The summed E-state index contributed by atoms with van der Waals surface area (Å²) >= 11 is 1.28. The number of carboxylic acids is 2. The number of aliphatic hydroxyl groups excluding tert-OH is 3. The van der Waals surface area contributed by atoms with E-state index < -0.39 is 242 Å². The number of nitrogens with one attached hydrogen (secondary N) is 15. The predicted octanol–water partition coefficient (Wildman–Crippen LogP) is -8.47. The van der Waals surface area contributed by atoms with Crippen molar-refractivity contribution in [2.75, 3.05) is 31.8 Å². The second-order valence-corrected chi connectivity index (χ2v) is 27.7. The standard InChI is InChI=1S/C63H111N19O22S/c1-27(2)20-37(77-59(100)43(26-84)80-56(97)40(23-45(66)87)76-51(92)34(64)14-13-18-69-63(67)68)54(95)70-31(9)49(90)74-38(21-28(3)4)55(96)79-42(25-83)60(101)78-39(22-29(5)6)58(99)82-48(33(11)85)61(102)71-32(10)50(91)75-41(24-46(88)89)57(98)72-35(15-16-44(65)86)52(93)73-36(17-19-105-12)53(94)81-47(30(7)8)62(103)104/h27-43,47-48,83-85H,13-26,64H2,1-12H3,(H2,65,86)(H2,66,87)(H,70,95)(H,71,102)(H,72,98)(H,73,93)(H,74,90)(H,75,91)(H,76,92)(H,77,100)(H,78,101)(H,79,96)(H,80,97)(H,81,94)(H,82,99)(H,88,89)(H,103,104)(H4,67,68,69)/t31-,32-,33+,34-,35-,36-,37-,38-,39-,40-,41-,42-,43-,47-,48-/m0/s1. The fourth-order valence-electron chi connectivity index (χ4n) is 9.71. The molecular weight excluding hydrogens is 1410 g/mol. The maximum Gasteiger partial charge on any atom is 0.326 e. The number of guanidine groups is 1. The van der Waals surface area contributed by atoms with Gasteiger partial charge in [0, 0.05) is 13.0 Å². The number of rotatable bonds is 51. The van der Waals surface area contributed by atoms with Gasteiger partial charge >= 0.3 is 11.9 Å². The molecule has 42 heteroatoms. The van der Waals surface area contributed by atoms with Crippen molar-refractivity contribution in [3.8, 4) is 0 Å². The van der Waals surface area contributed by atoms with E-state index in [1.807, 2.05) is 0 Å². The van der Waals surface area contributed by atoms with Crippen LogP contribution in [0.15, 0.2) is 0 Å². The monoisotopic (exact) mass is 1520 g/mol. The molecule has 0 aromatic carbocycles. The Labute approximate surface area is 612 Å². The summed E-state index contributed by atoms with van der Waals surface area (Å²) in [5, 5.41) is 90.8. The zero-order valence-corrected chi connectivity index (χ0v) is 62.1. The number of aliphatic carboxylic acids is 2. The molecule has 28 N–H and O–H groups in total. The number of hydrogen-bond acceptors (Lipinski definition) is 23. The number of amides is 15. The van der Waals surface area contributed by atoms with Gasteiger partial charge < -0.3 is 123 Å². The normalized spacial score (nSPS) is 15.5. The molecule has 596 valence electrons. The van der Waals surface area contributed by atoms with Crippen LogP contribution in [0.25, 0.3) is 0 Å². The molecule has 0 saturated carbocycles. The van der Waals surface area contributed by atoms with Crippen LogP contribution >= 0.6 is 11.8 Å². The lowest BCUT2D eigenvalue weighted by Crippen LogP contribution is -2.62. The van der Waals surface area contributed by atoms with E-state index in [1.54, 1.807) is 47.8 Å². The van der Waals surface area contributed by atoms with Gasteiger partial charge in [0.1, 0.15) is 78.5 Å². The Bertz CT molecular complexity index is 3020. The first kappa shape index (κ1) is 95.5. The largest absolute Gasteiger partial charge is 0.481 e. The minimum absolute atomic E-state index is 0.0362. The number of aliphatic hydroxyl groups is 3. The minimum atomic E-state index is -2.00. The van der Waals surface area contributed by atoms with Gasteiger partial charge in [-0.1, -0.05) is 55.4 Å². The number of carbonyl (C=O) groups is 17. The van der Waals surface area contributed by atoms with Crippen LogP contribution in [-0.4, -0.2) is 254 Å². The van der Waals surface area contributed by atoms with E-state index >= 15 is 0 Å². The first-order valence-corrected chi connectivity index (χ1v) is 35.4. The van der Waals surface area contributed by atoms with E-state index in [0.717, 1.165) is 13.8 Å². The number of thioether (sulfide) groups is 1. The zero-order valence-electron chi connectivity index (χ0n) is 61.3. The Morgan fingerprint density at radius 1 is 0.400 bits per heavy atom. The van der Waals surface area contributed by atoms with Gasteiger partial charge in [-0.3, -0.25) is 82.1 Å². The molecule has 41 nitrogen and oxygen atoms in total. The van der Waals surface area contributed by atoms with E-state index in [1.165, 1.54) is 32.5 Å². The molecular formula is C63H111N19O22S. The Hall–Kier alpha value is -9.55. The van der Waals surface area contributed by atoms with Crippen molar-refractivity contribution >= 4 is 118 Å². The average molecular weight is 1520 g/mol. The van der Waals surface area contributed by atoms with Crippen molar-refractivity contribution in [1.29, 1.82) is 5.41 Å². The first-order chi connectivity index (χ1) is 48.8. The molecule has 0 fully saturated rings. The third-order valence-corrected chi connectivity index (χ3v) is 16.0. The highest BCUT2D eigenvalue weighted by Crippen LogP contribution is 2.13. The molecule has 0 unspecified atom stereocenters. The molecule has 0 spiro atoms. The van der Waals surface area contributed by atoms with Crippen molar-refractivity contribution in [2.45, 2.75) is 231 Å². The third-order valence-electron chi connectivity index (χ3n) is 15.4. The minimum Gasteiger partial charge on any atom is -0.481 e. The lowest BCUT2D eigenvalue weighted by Gasteiger charge is -2.28. The maximum absolute atomic E-state index is 14.0. The number of primary amides is 2. The van der Waals surface area contributed by atoms with Crippen molar-refractivity contribution in [2.24, 2.45) is 46.6 Å². The third kappa shape index (κ3) is 37.6. The molecule has 0 rings (SSSR count). The lowest BCUT2D eigenvalue weighted by atomic mass is 10.0. The maximum atomic E-state index is 14.0. The fraction of sp³-hybridized carbons (Fsp3) is 0.714.